The molecule has 2 heterocycles. The van der Waals surface area contributed by atoms with E-state index in [9.17, 15) is 0 Å². The molecule has 5 heteroatoms. The molecule has 4 nitrogen and oxygen atoms in total. The van der Waals surface area contributed by atoms with Crippen LogP contribution < -0.4 is 5.32 Å². The Morgan fingerprint density at radius 3 is 2.84 bits per heavy atom. The third-order valence-electron chi connectivity index (χ3n) is 3.66. The summed E-state index contributed by atoms with van der Waals surface area (Å²) < 4.78 is 5.42. The summed E-state index contributed by atoms with van der Waals surface area (Å²) in [5.41, 5.74) is -0.140. The van der Waals surface area contributed by atoms with Crippen LogP contribution in [-0.2, 0) is 4.74 Å². The monoisotopic (exact) mass is 277 g/mol. The summed E-state index contributed by atoms with van der Waals surface area (Å²) >= 11 is 6.17. The molecular weight excluding hydrogens is 262 g/mol. The van der Waals surface area contributed by atoms with Crippen LogP contribution in [-0.4, -0.2) is 34.8 Å². The highest BCUT2D eigenvalue weighted by molar-refractivity contribution is 6.19. The SMILES string of the molecule is ClCC1(Nc2nncc3ccccc23)CCOCC1. The van der Waals surface area contributed by atoms with Gasteiger partial charge in [-0.05, 0) is 12.8 Å². The average Bonchev–Trinajstić information content (AvgIpc) is 2.49. The molecule has 0 amide bonds. The Morgan fingerprint density at radius 1 is 1.26 bits per heavy atom. The zero-order valence-corrected chi connectivity index (χ0v) is 11.4. The molecule has 100 valence electrons. The average molecular weight is 278 g/mol. The lowest BCUT2D eigenvalue weighted by atomic mass is 9.92. The van der Waals surface area contributed by atoms with Crippen LogP contribution >= 0.6 is 11.6 Å². The smallest absolute Gasteiger partial charge is 0.157 e. The number of alkyl halides is 1. The predicted molar refractivity (Wildman–Crippen MR) is 76.7 cm³/mol. The summed E-state index contributed by atoms with van der Waals surface area (Å²) in [5, 5.41) is 13.9. The van der Waals surface area contributed by atoms with Crippen LogP contribution in [0.5, 0.6) is 0 Å². The third-order valence-corrected chi connectivity index (χ3v) is 4.17. The Balaban J connectivity index is 1.96. The number of rotatable bonds is 3. The molecule has 1 N–H and O–H groups in total. The molecule has 2 aromatic rings. The molecule has 1 aliphatic rings. The van der Waals surface area contributed by atoms with Crippen molar-refractivity contribution in [1.82, 2.24) is 10.2 Å². The molecule has 0 radical (unpaired) electrons. The third kappa shape index (κ3) is 2.51. The molecule has 1 aromatic heterocycles. The standard InChI is InChI=1S/C14H16ClN3O/c15-10-14(5-7-19-8-6-14)17-13-12-4-2-1-3-11(12)9-16-18-13/h1-4,9H,5-8,10H2,(H,17,18). The summed E-state index contributed by atoms with van der Waals surface area (Å²) in [5.74, 6) is 1.35. The van der Waals surface area contributed by atoms with Gasteiger partial charge in [-0.25, -0.2) is 0 Å². The first-order chi connectivity index (χ1) is 9.33. The predicted octanol–water partition coefficient (Wildman–Crippen LogP) is 2.83. The lowest BCUT2D eigenvalue weighted by Crippen LogP contribution is -2.45. The van der Waals surface area contributed by atoms with Crippen molar-refractivity contribution in [3.63, 3.8) is 0 Å². The molecule has 0 atom stereocenters. The quantitative estimate of drug-likeness (QED) is 0.877. The minimum Gasteiger partial charge on any atom is -0.381 e. The van der Waals surface area contributed by atoms with Crippen molar-refractivity contribution in [3.05, 3.63) is 30.5 Å². The molecular formula is C14H16ClN3O. The van der Waals surface area contributed by atoms with E-state index in [2.05, 4.69) is 15.5 Å². The van der Waals surface area contributed by atoms with E-state index in [-0.39, 0.29) is 5.54 Å². The molecule has 1 saturated heterocycles. The van der Waals surface area contributed by atoms with Gasteiger partial charge in [-0.2, -0.15) is 5.10 Å². The first-order valence-electron chi connectivity index (χ1n) is 6.45. The van der Waals surface area contributed by atoms with Crippen molar-refractivity contribution < 1.29 is 4.74 Å². The van der Waals surface area contributed by atoms with E-state index in [4.69, 9.17) is 16.3 Å². The molecule has 1 fully saturated rings. The van der Waals surface area contributed by atoms with E-state index in [1.807, 2.05) is 24.3 Å². The van der Waals surface area contributed by atoms with E-state index in [1.165, 1.54) is 0 Å². The van der Waals surface area contributed by atoms with Crippen LogP contribution in [0.15, 0.2) is 30.5 Å². The maximum Gasteiger partial charge on any atom is 0.157 e. The van der Waals surface area contributed by atoms with Gasteiger partial charge in [0.2, 0.25) is 0 Å². The minimum absolute atomic E-state index is 0.140. The number of nitrogens with one attached hydrogen (secondary N) is 1. The molecule has 1 aromatic carbocycles. The number of aromatic nitrogens is 2. The number of nitrogens with zero attached hydrogens (tertiary/aromatic N) is 2. The van der Waals surface area contributed by atoms with E-state index < -0.39 is 0 Å². The van der Waals surface area contributed by atoms with Crippen molar-refractivity contribution in [3.8, 4) is 0 Å². The van der Waals surface area contributed by atoms with Gasteiger partial charge in [-0.15, -0.1) is 16.7 Å². The molecule has 19 heavy (non-hydrogen) atoms. The molecule has 0 unspecified atom stereocenters. The Labute approximate surface area is 117 Å². The van der Waals surface area contributed by atoms with Crippen molar-refractivity contribution >= 4 is 28.2 Å². The lowest BCUT2D eigenvalue weighted by molar-refractivity contribution is 0.0667. The van der Waals surface area contributed by atoms with Crippen LogP contribution in [0.2, 0.25) is 0 Å². The first kappa shape index (κ1) is 12.6. The van der Waals surface area contributed by atoms with Gasteiger partial charge in [0.15, 0.2) is 5.82 Å². The second-order valence-corrected chi connectivity index (χ2v) is 5.20. The Hall–Kier alpha value is -1.39. The van der Waals surface area contributed by atoms with Gasteiger partial charge in [0, 0.05) is 29.9 Å². The number of hydrogen-bond acceptors (Lipinski definition) is 4. The number of halogens is 1. The zero-order chi connectivity index (χ0) is 13.1. The second kappa shape index (κ2) is 5.31. The van der Waals surface area contributed by atoms with Crippen LogP contribution in [0, 0.1) is 0 Å². The number of benzene rings is 1. The van der Waals surface area contributed by atoms with Crippen LogP contribution in [0.4, 0.5) is 5.82 Å². The van der Waals surface area contributed by atoms with Gasteiger partial charge < -0.3 is 10.1 Å². The summed E-state index contributed by atoms with van der Waals surface area (Å²) in [7, 11) is 0. The number of hydrogen-bond donors (Lipinski definition) is 1. The number of fused-ring (bicyclic) bond motifs is 1. The van der Waals surface area contributed by atoms with Gasteiger partial charge in [0.05, 0.1) is 11.7 Å². The summed E-state index contributed by atoms with van der Waals surface area (Å²) in [4.78, 5) is 0. The van der Waals surface area contributed by atoms with Gasteiger partial charge in [-0.3, -0.25) is 0 Å². The van der Waals surface area contributed by atoms with E-state index in [0.29, 0.717) is 5.88 Å². The van der Waals surface area contributed by atoms with Crippen molar-refractivity contribution in [1.29, 1.82) is 0 Å². The van der Waals surface area contributed by atoms with Crippen LogP contribution in [0.1, 0.15) is 12.8 Å². The fraction of sp³-hybridized carbons (Fsp3) is 0.429. The maximum atomic E-state index is 6.17. The highest BCUT2D eigenvalue weighted by Gasteiger charge is 2.32. The first-order valence-corrected chi connectivity index (χ1v) is 6.99. The topological polar surface area (TPSA) is 47.0 Å². The van der Waals surface area contributed by atoms with Gasteiger partial charge in [-0.1, -0.05) is 24.3 Å². The normalized spacial score (nSPS) is 18.4. The molecule has 0 aliphatic carbocycles. The van der Waals surface area contributed by atoms with Gasteiger partial charge in [0.25, 0.3) is 0 Å². The van der Waals surface area contributed by atoms with E-state index in [0.717, 1.165) is 42.6 Å². The Kier molecular flexibility index (Phi) is 3.53. The van der Waals surface area contributed by atoms with Crippen LogP contribution in [0.3, 0.4) is 0 Å². The fourth-order valence-electron chi connectivity index (χ4n) is 2.43. The molecule has 1 aliphatic heterocycles. The largest absolute Gasteiger partial charge is 0.381 e. The van der Waals surface area contributed by atoms with Gasteiger partial charge >= 0.3 is 0 Å². The van der Waals surface area contributed by atoms with Crippen LogP contribution in [0.25, 0.3) is 10.8 Å². The Morgan fingerprint density at radius 2 is 2.05 bits per heavy atom. The zero-order valence-electron chi connectivity index (χ0n) is 10.6. The van der Waals surface area contributed by atoms with Crippen molar-refractivity contribution in [2.45, 2.75) is 18.4 Å². The lowest BCUT2D eigenvalue weighted by Gasteiger charge is -2.36. The summed E-state index contributed by atoms with van der Waals surface area (Å²) in [6.07, 6.45) is 3.56. The Bertz CT molecular complexity index is 564. The van der Waals surface area contributed by atoms with Gasteiger partial charge in [0.1, 0.15) is 0 Å². The van der Waals surface area contributed by atoms with Crippen molar-refractivity contribution in [2.75, 3.05) is 24.4 Å². The summed E-state index contributed by atoms with van der Waals surface area (Å²) in [6, 6.07) is 8.09. The molecule has 0 saturated carbocycles. The molecule has 0 spiro atoms. The number of anilines is 1. The minimum atomic E-state index is -0.140. The van der Waals surface area contributed by atoms with E-state index in [1.54, 1.807) is 6.20 Å². The van der Waals surface area contributed by atoms with E-state index >= 15 is 0 Å². The summed E-state index contributed by atoms with van der Waals surface area (Å²) in [6.45, 7) is 1.47. The highest BCUT2D eigenvalue weighted by atomic mass is 35.5. The molecule has 0 bridgehead atoms. The van der Waals surface area contributed by atoms with Crippen molar-refractivity contribution in [2.24, 2.45) is 0 Å². The fourth-order valence-corrected chi connectivity index (χ4v) is 2.76. The number of ether oxygens (including phenoxy) is 1. The highest BCUT2D eigenvalue weighted by Crippen LogP contribution is 2.29. The second-order valence-electron chi connectivity index (χ2n) is 4.93. The maximum absolute atomic E-state index is 6.17. The molecule has 3 rings (SSSR count).